The van der Waals surface area contributed by atoms with Gasteiger partial charge in [-0.3, -0.25) is 0 Å². The van der Waals surface area contributed by atoms with E-state index in [2.05, 4.69) is 6.58 Å². The molecule has 0 N–H and O–H groups in total. The van der Waals surface area contributed by atoms with Crippen molar-refractivity contribution in [1.29, 1.82) is 0 Å². The number of esters is 3. The van der Waals surface area contributed by atoms with E-state index in [-0.39, 0.29) is 18.1 Å². The number of fused-ring (bicyclic) bond motifs is 2. The normalized spacial score (nSPS) is 28.9. The molecule has 2 aliphatic heterocycles. The summed E-state index contributed by atoms with van der Waals surface area (Å²) < 4.78 is 21.8. The van der Waals surface area contributed by atoms with Crippen molar-refractivity contribution in [3.63, 3.8) is 0 Å². The Bertz CT molecular complexity index is 1060. The zero-order valence-electron chi connectivity index (χ0n) is 17.9. The van der Waals surface area contributed by atoms with Crippen LogP contribution in [0.15, 0.2) is 65.8 Å². The second-order valence-corrected chi connectivity index (χ2v) is 8.06. The van der Waals surface area contributed by atoms with Crippen LogP contribution in [-0.4, -0.2) is 43.3 Å². The van der Waals surface area contributed by atoms with Crippen LogP contribution in [0.2, 0.25) is 0 Å². The zero-order chi connectivity index (χ0) is 22.8. The molecule has 1 aromatic carbocycles. The molecule has 3 aliphatic rings. The molecule has 166 valence electrons. The highest BCUT2D eigenvalue weighted by molar-refractivity contribution is 5.93. The van der Waals surface area contributed by atoms with Gasteiger partial charge in [-0.15, -0.1) is 0 Å². The van der Waals surface area contributed by atoms with E-state index in [1.807, 2.05) is 25.1 Å². The first-order chi connectivity index (χ1) is 15.3. The molecule has 1 aliphatic carbocycles. The van der Waals surface area contributed by atoms with Gasteiger partial charge >= 0.3 is 17.9 Å². The van der Waals surface area contributed by atoms with Crippen molar-refractivity contribution < 1.29 is 33.3 Å². The summed E-state index contributed by atoms with van der Waals surface area (Å²) in [5, 5.41) is 0. The Morgan fingerprint density at radius 1 is 1.16 bits per heavy atom. The van der Waals surface area contributed by atoms with Gasteiger partial charge in [0, 0.05) is 30.1 Å². The van der Waals surface area contributed by atoms with Crippen LogP contribution in [0.1, 0.15) is 25.3 Å². The van der Waals surface area contributed by atoms with Crippen molar-refractivity contribution in [3.05, 3.63) is 71.4 Å². The van der Waals surface area contributed by atoms with E-state index in [9.17, 15) is 14.4 Å². The Kier molecular flexibility index (Phi) is 5.99. The van der Waals surface area contributed by atoms with Gasteiger partial charge < -0.3 is 18.9 Å². The maximum atomic E-state index is 12.7. The first kappa shape index (κ1) is 21.6. The van der Waals surface area contributed by atoms with E-state index >= 15 is 0 Å². The number of methoxy groups -OCH3 is 1. The summed E-state index contributed by atoms with van der Waals surface area (Å²) in [6, 6.07) is 7.25. The molecule has 0 spiro atoms. The molecule has 7 nitrogen and oxygen atoms in total. The minimum atomic E-state index is -0.769. The number of carbonyl (C=O) groups is 3. The third kappa shape index (κ3) is 4.51. The summed E-state index contributed by atoms with van der Waals surface area (Å²) in [4.78, 5) is 37.1. The fraction of sp³-hybridized carbons (Fsp3) is 0.320. The van der Waals surface area contributed by atoms with E-state index in [0.717, 1.165) is 11.1 Å². The first-order valence-electron chi connectivity index (χ1n) is 10.4. The third-order valence-electron chi connectivity index (χ3n) is 5.74. The molecule has 0 unspecified atom stereocenters. The van der Waals surface area contributed by atoms with Crippen molar-refractivity contribution in [2.24, 2.45) is 5.92 Å². The fourth-order valence-corrected chi connectivity index (χ4v) is 4.19. The predicted molar refractivity (Wildman–Crippen MR) is 115 cm³/mol. The number of benzene rings is 1. The molecular formula is C25H24O7. The molecule has 1 saturated heterocycles. The minimum Gasteiger partial charge on any atom is -0.497 e. The third-order valence-corrected chi connectivity index (χ3v) is 5.74. The van der Waals surface area contributed by atoms with E-state index < -0.39 is 36.0 Å². The average Bonchev–Trinajstić information content (AvgIpc) is 3.23. The van der Waals surface area contributed by atoms with E-state index in [1.165, 1.54) is 6.08 Å². The molecule has 4 atom stereocenters. The maximum Gasteiger partial charge on any atom is 0.334 e. The van der Waals surface area contributed by atoms with Crippen LogP contribution in [0.3, 0.4) is 0 Å². The molecule has 0 saturated carbocycles. The zero-order valence-corrected chi connectivity index (χ0v) is 17.9. The Hall–Kier alpha value is -3.61. The lowest BCUT2D eigenvalue weighted by atomic mass is 9.85. The number of carbonyl (C=O) groups excluding carboxylic acids is 3. The van der Waals surface area contributed by atoms with Crippen LogP contribution in [0.5, 0.6) is 5.75 Å². The van der Waals surface area contributed by atoms with E-state index in [1.54, 1.807) is 31.4 Å². The van der Waals surface area contributed by atoms with Gasteiger partial charge in [0.2, 0.25) is 0 Å². The number of hydrogen-bond acceptors (Lipinski definition) is 7. The lowest BCUT2D eigenvalue weighted by Gasteiger charge is -2.25. The second-order valence-electron chi connectivity index (χ2n) is 8.06. The Morgan fingerprint density at radius 3 is 2.75 bits per heavy atom. The van der Waals surface area contributed by atoms with Gasteiger partial charge in [0.05, 0.1) is 13.0 Å². The van der Waals surface area contributed by atoms with Crippen LogP contribution >= 0.6 is 0 Å². The number of hydrogen-bond donors (Lipinski definition) is 0. The molecule has 0 radical (unpaired) electrons. The highest BCUT2D eigenvalue weighted by Gasteiger charge is 2.46. The molecule has 4 rings (SSSR count). The van der Waals surface area contributed by atoms with Gasteiger partial charge in [-0.1, -0.05) is 24.3 Å². The number of ether oxygens (including phenoxy) is 4. The van der Waals surface area contributed by atoms with Crippen molar-refractivity contribution in [3.8, 4) is 5.75 Å². The highest BCUT2D eigenvalue weighted by atomic mass is 16.6. The topological polar surface area (TPSA) is 88.1 Å². The molecule has 7 heteroatoms. The van der Waals surface area contributed by atoms with E-state index in [0.29, 0.717) is 17.7 Å². The molecule has 32 heavy (non-hydrogen) atoms. The van der Waals surface area contributed by atoms with E-state index in [4.69, 9.17) is 18.9 Å². The van der Waals surface area contributed by atoms with Crippen molar-refractivity contribution in [1.82, 2.24) is 0 Å². The summed E-state index contributed by atoms with van der Waals surface area (Å²) >= 11 is 0. The van der Waals surface area contributed by atoms with Gasteiger partial charge in [-0.2, -0.15) is 0 Å². The minimum absolute atomic E-state index is 0.186. The monoisotopic (exact) mass is 436 g/mol. The van der Waals surface area contributed by atoms with Gasteiger partial charge in [0.15, 0.2) is 0 Å². The highest BCUT2D eigenvalue weighted by Crippen LogP contribution is 2.38. The van der Waals surface area contributed by atoms with Gasteiger partial charge in [0.25, 0.3) is 0 Å². The van der Waals surface area contributed by atoms with Gasteiger partial charge in [-0.25, -0.2) is 14.4 Å². The summed E-state index contributed by atoms with van der Waals surface area (Å²) in [7, 11) is 1.57. The van der Waals surface area contributed by atoms with Crippen LogP contribution in [0.25, 0.3) is 6.08 Å². The van der Waals surface area contributed by atoms with Crippen molar-refractivity contribution in [2.75, 3.05) is 7.11 Å². The number of rotatable bonds is 4. The van der Waals surface area contributed by atoms with Gasteiger partial charge in [0.1, 0.15) is 24.1 Å². The Labute approximate surface area is 186 Å². The molecule has 0 amide bonds. The summed E-state index contributed by atoms with van der Waals surface area (Å²) in [6.07, 6.45) is 5.35. The molecular weight excluding hydrogens is 412 g/mol. The average molecular weight is 436 g/mol. The lowest BCUT2D eigenvalue weighted by molar-refractivity contribution is -0.145. The smallest absolute Gasteiger partial charge is 0.334 e. The fourth-order valence-electron chi connectivity index (χ4n) is 4.19. The van der Waals surface area contributed by atoms with Gasteiger partial charge in [-0.05, 0) is 42.8 Å². The lowest BCUT2D eigenvalue weighted by Crippen LogP contribution is -2.32. The Balaban J connectivity index is 1.58. The Morgan fingerprint density at radius 2 is 1.97 bits per heavy atom. The quantitative estimate of drug-likeness (QED) is 0.310. The maximum absolute atomic E-state index is 12.7. The van der Waals surface area contributed by atoms with Crippen LogP contribution in [-0.2, 0) is 28.6 Å². The van der Waals surface area contributed by atoms with Crippen LogP contribution in [0.4, 0.5) is 0 Å². The largest absolute Gasteiger partial charge is 0.497 e. The van der Waals surface area contributed by atoms with Crippen molar-refractivity contribution in [2.45, 2.75) is 38.1 Å². The predicted octanol–water partition coefficient (Wildman–Crippen LogP) is 3.31. The molecule has 0 aromatic heterocycles. The molecule has 2 heterocycles. The standard InChI is InChI=1S/C25H24O7/c1-14-9-19-12-17(25(28)30-19)13-21-23(15(2)24(27)32-21)20(10-14)31-22(26)8-7-16-5-4-6-18(11-16)29-3/h4-8,10-12,19-21,23H,2,9,13H2,1,3H3/b8-7+,14-10+/t19-,20+,21-,23-/m0/s1. The van der Waals surface area contributed by atoms with Crippen molar-refractivity contribution >= 4 is 24.0 Å². The second kappa shape index (κ2) is 8.86. The van der Waals surface area contributed by atoms with Crippen LogP contribution in [0, 0.1) is 5.92 Å². The van der Waals surface area contributed by atoms with Crippen LogP contribution < -0.4 is 4.74 Å². The first-order valence-corrected chi connectivity index (χ1v) is 10.4. The molecule has 2 bridgehead atoms. The summed E-state index contributed by atoms with van der Waals surface area (Å²) in [6.45, 7) is 5.72. The summed E-state index contributed by atoms with van der Waals surface area (Å²) in [5.74, 6) is -1.46. The molecule has 1 aromatic rings. The summed E-state index contributed by atoms with van der Waals surface area (Å²) in [5.41, 5.74) is 2.32. The SMILES string of the molecule is C=C1C(=O)O[C@H]2CC3=C[C@H](C/C(C)=C/[C@@H](OC(=O)/C=C/c4cccc(OC)c4)[C@H]12)OC3=O. The molecule has 1 fully saturated rings.